The van der Waals surface area contributed by atoms with Crippen LogP contribution in [-0.4, -0.2) is 105 Å². The standard InChI is InChI=1S/C25H40N4O4S/c1-25(2,24(30)32-16-15-28-13-11-27(5)12-14-28)19-33-34-29-18-20(9-10-26(3)4)22-8-7-21(31-6)17-23(22)29/h7-8,17-18H,9-16,19H2,1-6H3. The Balaban J connectivity index is 1.54. The molecule has 1 aromatic heterocycles. The van der Waals surface area contributed by atoms with E-state index in [0.717, 1.165) is 57.0 Å². The summed E-state index contributed by atoms with van der Waals surface area (Å²) in [7, 11) is 7.96. The summed E-state index contributed by atoms with van der Waals surface area (Å²) in [5.41, 5.74) is 1.56. The number of likely N-dealkylation sites (N-methyl/N-ethyl adjacent to an activating group) is 2. The van der Waals surface area contributed by atoms with Crippen molar-refractivity contribution < 1.29 is 18.5 Å². The van der Waals surface area contributed by atoms with E-state index in [4.69, 9.17) is 13.7 Å². The molecular formula is C25H40N4O4S. The number of carbonyl (C=O) groups excluding carboxylic acids is 1. The van der Waals surface area contributed by atoms with Crippen LogP contribution >= 0.6 is 12.2 Å². The van der Waals surface area contributed by atoms with Crippen LogP contribution in [0.4, 0.5) is 0 Å². The van der Waals surface area contributed by atoms with Crippen LogP contribution < -0.4 is 4.74 Å². The van der Waals surface area contributed by atoms with Crippen molar-refractivity contribution in [1.82, 2.24) is 18.7 Å². The predicted molar refractivity (Wildman–Crippen MR) is 138 cm³/mol. The molecule has 0 saturated carbocycles. The summed E-state index contributed by atoms with van der Waals surface area (Å²) in [5, 5.41) is 1.18. The van der Waals surface area contributed by atoms with Crippen molar-refractivity contribution in [2.45, 2.75) is 20.3 Å². The molecule has 1 saturated heterocycles. The summed E-state index contributed by atoms with van der Waals surface area (Å²) in [6.45, 7) is 10.3. The SMILES string of the molecule is COc1ccc2c(CCN(C)C)cn(SOCC(C)(C)C(=O)OCCN3CCN(C)CC3)c2c1. The number of hydrogen-bond donors (Lipinski definition) is 0. The maximum Gasteiger partial charge on any atom is 0.313 e. The lowest BCUT2D eigenvalue weighted by Gasteiger charge is -2.32. The smallest absolute Gasteiger partial charge is 0.313 e. The minimum absolute atomic E-state index is 0.229. The molecule has 0 aliphatic carbocycles. The van der Waals surface area contributed by atoms with Gasteiger partial charge in [0.1, 0.15) is 24.6 Å². The van der Waals surface area contributed by atoms with Crippen molar-refractivity contribution in [2.24, 2.45) is 5.41 Å². The van der Waals surface area contributed by atoms with Crippen LogP contribution in [0.25, 0.3) is 10.9 Å². The van der Waals surface area contributed by atoms with Crippen molar-refractivity contribution in [3.63, 3.8) is 0 Å². The van der Waals surface area contributed by atoms with Gasteiger partial charge in [-0.3, -0.25) is 17.8 Å². The fourth-order valence-corrected chi connectivity index (χ4v) is 4.66. The van der Waals surface area contributed by atoms with E-state index >= 15 is 0 Å². The molecule has 1 aromatic carbocycles. The monoisotopic (exact) mass is 492 g/mol. The van der Waals surface area contributed by atoms with Gasteiger partial charge in [-0.15, -0.1) is 0 Å². The molecule has 3 rings (SSSR count). The Morgan fingerprint density at radius 1 is 1.18 bits per heavy atom. The molecule has 0 radical (unpaired) electrons. The molecule has 8 nitrogen and oxygen atoms in total. The first-order valence-corrected chi connectivity index (χ1v) is 12.6. The highest BCUT2D eigenvalue weighted by molar-refractivity contribution is 7.93. The number of methoxy groups -OCH3 is 1. The van der Waals surface area contributed by atoms with Crippen LogP contribution in [0, 0.1) is 5.41 Å². The number of hydrogen-bond acceptors (Lipinski definition) is 8. The molecule has 34 heavy (non-hydrogen) atoms. The molecule has 9 heteroatoms. The van der Waals surface area contributed by atoms with Crippen LogP contribution in [0.5, 0.6) is 5.75 Å². The molecule has 1 aliphatic heterocycles. The van der Waals surface area contributed by atoms with E-state index in [1.165, 1.54) is 23.2 Å². The Kier molecular flexibility index (Phi) is 9.67. The molecule has 2 aromatic rings. The van der Waals surface area contributed by atoms with Gasteiger partial charge in [0.2, 0.25) is 0 Å². The van der Waals surface area contributed by atoms with E-state index in [2.05, 4.69) is 48.1 Å². The third-order valence-electron chi connectivity index (χ3n) is 6.23. The van der Waals surface area contributed by atoms with Gasteiger partial charge in [0.05, 0.1) is 24.6 Å². The lowest BCUT2D eigenvalue weighted by atomic mass is 9.95. The van der Waals surface area contributed by atoms with Gasteiger partial charge in [-0.2, -0.15) is 0 Å². The fourth-order valence-electron chi connectivity index (χ4n) is 3.80. The molecule has 190 valence electrons. The first kappa shape index (κ1) is 26.8. The summed E-state index contributed by atoms with van der Waals surface area (Å²) in [6.07, 6.45) is 3.05. The Morgan fingerprint density at radius 3 is 2.59 bits per heavy atom. The van der Waals surface area contributed by atoms with Gasteiger partial charge >= 0.3 is 5.97 Å². The average molecular weight is 493 g/mol. The van der Waals surface area contributed by atoms with E-state index in [-0.39, 0.29) is 12.6 Å². The lowest BCUT2D eigenvalue weighted by Crippen LogP contribution is -2.45. The molecule has 0 bridgehead atoms. The lowest BCUT2D eigenvalue weighted by molar-refractivity contribution is -0.155. The molecule has 0 N–H and O–H groups in total. The third kappa shape index (κ3) is 7.36. The normalized spacial score (nSPS) is 15.9. The van der Waals surface area contributed by atoms with Crippen LogP contribution in [0.2, 0.25) is 0 Å². The van der Waals surface area contributed by atoms with Gasteiger partial charge in [0, 0.05) is 56.9 Å². The number of fused-ring (bicyclic) bond motifs is 1. The highest BCUT2D eigenvalue weighted by atomic mass is 32.2. The summed E-state index contributed by atoms with van der Waals surface area (Å²) in [4.78, 5) is 19.5. The predicted octanol–water partition coefficient (Wildman–Crippen LogP) is 3.00. The van der Waals surface area contributed by atoms with Gasteiger partial charge in [0.15, 0.2) is 0 Å². The van der Waals surface area contributed by atoms with E-state index in [1.54, 1.807) is 7.11 Å². The van der Waals surface area contributed by atoms with Crippen LogP contribution in [0.1, 0.15) is 19.4 Å². The zero-order chi connectivity index (χ0) is 24.7. The average Bonchev–Trinajstić information content (AvgIpc) is 3.15. The maximum absolute atomic E-state index is 12.7. The van der Waals surface area contributed by atoms with Crippen LogP contribution in [-0.2, 0) is 20.1 Å². The van der Waals surface area contributed by atoms with Crippen molar-refractivity contribution in [3.05, 3.63) is 30.0 Å². The number of esters is 1. The summed E-state index contributed by atoms with van der Waals surface area (Å²) >= 11 is 1.24. The van der Waals surface area contributed by atoms with Crippen LogP contribution in [0.3, 0.4) is 0 Å². The van der Waals surface area contributed by atoms with E-state index < -0.39 is 5.41 Å². The number of nitrogens with zero attached hydrogens (tertiary/aromatic N) is 4. The first-order valence-electron chi connectivity index (χ1n) is 11.9. The number of rotatable bonds is 12. The molecule has 1 aliphatic rings. The second kappa shape index (κ2) is 12.3. The number of piperazine rings is 1. The van der Waals surface area contributed by atoms with Crippen molar-refractivity contribution in [3.8, 4) is 5.75 Å². The highest BCUT2D eigenvalue weighted by Crippen LogP contribution is 2.31. The molecular weight excluding hydrogens is 452 g/mol. The highest BCUT2D eigenvalue weighted by Gasteiger charge is 2.30. The molecule has 0 spiro atoms. The Hall–Kier alpha value is -1.78. The number of aromatic nitrogens is 1. The van der Waals surface area contributed by atoms with Crippen molar-refractivity contribution in [1.29, 1.82) is 0 Å². The first-order chi connectivity index (χ1) is 16.2. The Labute approximate surface area is 208 Å². The van der Waals surface area contributed by atoms with Crippen molar-refractivity contribution >= 4 is 29.1 Å². The quantitative estimate of drug-likeness (QED) is 0.331. The summed E-state index contributed by atoms with van der Waals surface area (Å²) in [5.74, 6) is 0.573. The van der Waals surface area contributed by atoms with Gasteiger partial charge in [-0.05, 0) is 59.1 Å². The number of carbonyl (C=O) groups is 1. The van der Waals surface area contributed by atoms with Crippen LogP contribution in [0.15, 0.2) is 24.4 Å². The second-order valence-corrected chi connectivity index (χ2v) is 10.7. The largest absolute Gasteiger partial charge is 0.497 e. The molecule has 2 heterocycles. The molecule has 0 amide bonds. The Morgan fingerprint density at radius 2 is 1.91 bits per heavy atom. The van der Waals surface area contributed by atoms with Gasteiger partial charge in [-0.25, -0.2) is 0 Å². The molecule has 1 fully saturated rings. The molecule has 0 unspecified atom stereocenters. The summed E-state index contributed by atoms with van der Waals surface area (Å²) < 4.78 is 19.0. The van der Waals surface area contributed by atoms with E-state index in [9.17, 15) is 4.79 Å². The fraction of sp³-hybridized carbons (Fsp3) is 0.640. The zero-order valence-corrected chi connectivity index (χ0v) is 22.3. The van der Waals surface area contributed by atoms with Gasteiger partial charge in [0.25, 0.3) is 0 Å². The summed E-state index contributed by atoms with van der Waals surface area (Å²) in [6, 6.07) is 6.10. The minimum Gasteiger partial charge on any atom is -0.497 e. The molecule has 0 atom stereocenters. The third-order valence-corrected chi connectivity index (χ3v) is 6.92. The number of benzene rings is 1. The van der Waals surface area contributed by atoms with Gasteiger partial charge in [-0.1, -0.05) is 0 Å². The minimum atomic E-state index is -0.733. The van der Waals surface area contributed by atoms with E-state index in [0.29, 0.717) is 6.61 Å². The Bertz CT molecular complexity index is 938. The topological polar surface area (TPSA) is 59.4 Å². The second-order valence-electron chi connectivity index (χ2n) is 9.92. The van der Waals surface area contributed by atoms with E-state index in [1.807, 2.05) is 30.0 Å². The number of ether oxygens (including phenoxy) is 2. The maximum atomic E-state index is 12.7. The van der Waals surface area contributed by atoms with Gasteiger partial charge < -0.3 is 19.3 Å². The zero-order valence-electron chi connectivity index (χ0n) is 21.5. The van der Waals surface area contributed by atoms with Crippen molar-refractivity contribution in [2.75, 3.05) is 80.7 Å².